The molecule has 0 atom stereocenters. The Labute approximate surface area is 147 Å². The van der Waals surface area contributed by atoms with Gasteiger partial charge in [0, 0.05) is 0 Å². The second-order valence-electron chi connectivity index (χ2n) is 4.93. The smallest absolute Gasteiger partial charge is 0.268 e. The van der Waals surface area contributed by atoms with E-state index in [0.29, 0.717) is 5.56 Å². The van der Waals surface area contributed by atoms with E-state index in [2.05, 4.69) is 31.9 Å². The van der Waals surface area contributed by atoms with Crippen molar-refractivity contribution in [1.29, 1.82) is 0 Å². The van der Waals surface area contributed by atoms with Gasteiger partial charge in [-0.05, 0) is 62.5 Å². The van der Waals surface area contributed by atoms with Crippen molar-refractivity contribution in [3.05, 3.63) is 66.1 Å². The van der Waals surface area contributed by atoms with Crippen LogP contribution in [-0.2, 0) is 0 Å². The van der Waals surface area contributed by atoms with Gasteiger partial charge < -0.3 is 0 Å². The number of hydrogen-bond donors (Lipinski definition) is 0. The highest BCUT2D eigenvalue weighted by Crippen LogP contribution is 2.44. The fourth-order valence-corrected chi connectivity index (χ4v) is 4.35. The van der Waals surface area contributed by atoms with E-state index >= 15 is 0 Å². The summed E-state index contributed by atoms with van der Waals surface area (Å²) in [4.78, 5) is 36.8. The van der Waals surface area contributed by atoms with Crippen LogP contribution in [0.1, 0.15) is 26.3 Å². The third kappa shape index (κ3) is 2.29. The van der Waals surface area contributed by atoms with E-state index in [1.54, 1.807) is 31.2 Å². The van der Waals surface area contributed by atoms with Crippen LogP contribution in [0.3, 0.4) is 0 Å². The van der Waals surface area contributed by atoms with Crippen LogP contribution >= 0.6 is 31.9 Å². The average Bonchev–Trinajstić information content (AvgIpc) is 2.72. The molecule has 2 aromatic rings. The number of carbonyl (C=O) groups excluding carboxylic acids is 2. The molecule has 0 radical (unpaired) electrons. The molecule has 2 amide bonds. The standard InChI is InChI=1S/C15H8Br2N2O4/c1-7-6-10(16)13(19(22)23)11(17)12(7)18-14(20)8-4-2-3-5-9(8)15(18)21/h2-6H,1H3. The first-order valence-corrected chi connectivity index (χ1v) is 8.04. The molecule has 0 spiro atoms. The summed E-state index contributed by atoms with van der Waals surface area (Å²) < 4.78 is 0.358. The van der Waals surface area contributed by atoms with Gasteiger partial charge in [-0.15, -0.1) is 0 Å². The number of nitro benzene ring substituents is 1. The Balaban J connectivity index is 2.25. The Bertz CT molecular complexity index is 860. The number of benzene rings is 2. The van der Waals surface area contributed by atoms with Crippen molar-refractivity contribution in [3.63, 3.8) is 0 Å². The molecule has 0 N–H and O–H groups in total. The number of amides is 2. The van der Waals surface area contributed by atoms with E-state index in [-0.39, 0.29) is 31.4 Å². The third-order valence-electron chi connectivity index (χ3n) is 3.56. The van der Waals surface area contributed by atoms with Gasteiger partial charge in [0.1, 0.15) is 4.47 Å². The lowest BCUT2D eigenvalue weighted by molar-refractivity contribution is -0.386. The molecule has 0 saturated heterocycles. The van der Waals surface area contributed by atoms with Gasteiger partial charge in [-0.1, -0.05) is 12.1 Å². The highest BCUT2D eigenvalue weighted by molar-refractivity contribution is 9.11. The second kappa shape index (κ2) is 5.54. The normalized spacial score (nSPS) is 13.4. The summed E-state index contributed by atoms with van der Waals surface area (Å²) in [6.07, 6.45) is 0. The predicted molar refractivity (Wildman–Crippen MR) is 90.8 cm³/mol. The first kappa shape index (κ1) is 15.8. The number of nitro groups is 1. The van der Waals surface area contributed by atoms with E-state index in [1.807, 2.05) is 0 Å². The van der Waals surface area contributed by atoms with Gasteiger partial charge in [-0.2, -0.15) is 0 Å². The highest BCUT2D eigenvalue weighted by atomic mass is 79.9. The summed E-state index contributed by atoms with van der Waals surface area (Å²) in [7, 11) is 0. The molecule has 1 heterocycles. The van der Waals surface area contributed by atoms with Gasteiger partial charge in [-0.3, -0.25) is 19.7 Å². The SMILES string of the molecule is Cc1cc(Br)c([N+](=O)[O-])c(Br)c1N1C(=O)c2ccccc2C1=O. The molecule has 0 fully saturated rings. The van der Waals surface area contributed by atoms with E-state index in [9.17, 15) is 19.7 Å². The molecule has 0 aliphatic carbocycles. The number of rotatable bonds is 2. The summed E-state index contributed by atoms with van der Waals surface area (Å²) in [5.41, 5.74) is 1.08. The summed E-state index contributed by atoms with van der Waals surface area (Å²) in [5.74, 6) is -0.989. The zero-order valence-electron chi connectivity index (χ0n) is 11.7. The van der Waals surface area contributed by atoms with Crippen LogP contribution in [0, 0.1) is 17.0 Å². The number of imide groups is 1. The average molecular weight is 440 g/mol. The zero-order valence-corrected chi connectivity index (χ0v) is 14.8. The van der Waals surface area contributed by atoms with E-state index in [4.69, 9.17) is 0 Å². The minimum absolute atomic E-state index is 0.0869. The van der Waals surface area contributed by atoms with Crippen molar-refractivity contribution < 1.29 is 14.5 Å². The van der Waals surface area contributed by atoms with Crippen molar-refractivity contribution in [2.75, 3.05) is 4.90 Å². The van der Waals surface area contributed by atoms with Crippen molar-refractivity contribution in [2.45, 2.75) is 6.92 Å². The molecule has 0 unspecified atom stereocenters. The second-order valence-corrected chi connectivity index (χ2v) is 6.58. The quantitative estimate of drug-likeness (QED) is 0.398. The molecule has 116 valence electrons. The Morgan fingerprint density at radius 1 is 1.09 bits per heavy atom. The number of aryl methyl sites for hydroxylation is 1. The molecule has 1 aliphatic heterocycles. The monoisotopic (exact) mass is 438 g/mol. The number of carbonyl (C=O) groups is 2. The molecule has 1 aliphatic rings. The van der Waals surface area contributed by atoms with Gasteiger partial charge >= 0.3 is 0 Å². The molecule has 0 bridgehead atoms. The number of fused-ring (bicyclic) bond motifs is 1. The van der Waals surface area contributed by atoms with Gasteiger partial charge in [0.05, 0.1) is 26.2 Å². The van der Waals surface area contributed by atoms with Crippen molar-refractivity contribution in [2.24, 2.45) is 0 Å². The number of halogens is 2. The first-order chi connectivity index (χ1) is 10.8. The molecule has 23 heavy (non-hydrogen) atoms. The number of nitrogens with zero attached hydrogens (tertiary/aromatic N) is 2. The molecule has 8 heteroatoms. The fraction of sp³-hybridized carbons (Fsp3) is 0.0667. The van der Waals surface area contributed by atoms with Crippen molar-refractivity contribution in [3.8, 4) is 0 Å². The zero-order chi connectivity index (χ0) is 16.9. The molecular formula is C15H8Br2N2O4. The van der Waals surface area contributed by atoms with Gasteiger partial charge in [0.15, 0.2) is 0 Å². The van der Waals surface area contributed by atoms with Crippen LogP contribution in [0.2, 0.25) is 0 Å². The Morgan fingerprint density at radius 3 is 2.09 bits per heavy atom. The fourth-order valence-electron chi connectivity index (χ4n) is 2.55. The molecule has 0 saturated carbocycles. The molecule has 0 aromatic heterocycles. The summed E-state index contributed by atoms with van der Waals surface area (Å²) in [5, 5.41) is 11.3. The summed E-state index contributed by atoms with van der Waals surface area (Å²) in [6, 6.07) is 7.97. The minimum atomic E-state index is -0.574. The molecule has 6 nitrogen and oxygen atoms in total. The molecular weight excluding hydrogens is 432 g/mol. The summed E-state index contributed by atoms with van der Waals surface area (Å²) in [6.45, 7) is 1.68. The van der Waals surface area contributed by atoms with E-state index in [1.165, 1.54) is 6.07 Å². The van der Waals surface area contributed by atoms with Crippen LogP contribution in [-0.4, -0.2) is 16.7 Å². The maximum Gasteiger partial charge on any atom is 0.299 e. The van der Waals surface area contributed by atoms with Crippen LogP contribution in [0.5, 0.6) is 0 Å². The lowest BCUT2D eigenvalue weighted by Crippen LogP contribution is -2.30. The van der Waals surface area contributed by atoms with Crippen LogP contribution in [0.25, 0.3) is 0 Å². The largest absolute Gasteiger partial charge is 0.299 e. The number of hydrogen-bond acceptors (Lipinski definition) is 4. The Morgan fingerprint density at radius 2 is 1.61 bits per heavy atom. The lowest BCUT2D eigenvalue weighted by Gasteiger charge is -2.19. The maximum atomic E-state index is 12.6. The number of anilines is 1. The van der Waals surface area contributed by atoms with E-state index < -0.39 is 16.7 Å². The predicted octanol–water partition coefficient (Wildman–Crippen LogP) is 4.23. The van der Waals surface area contributed by atoms with Crippen LogP contribution in [0.4, 0.5) is 11.4 Å². The topological polar surface area (TPSA) is 80.5 Å². The molecule has 3 rings (SSSR count). The van der Waals surface area contributed by atoms with Gasteiger partial charge in [0.2, 0.25) is 0 Å². The Kier molecular flexibility index (Phi) is 3.81. The Hall–Kier alpha value is -2.06. The first-order valence-electron chi connectivity index (χ1n) is 6.45. The van der Waals surface area contributed by atoms with Crippen LogP contribution in [0.15, 0.2) is 39.3 Å². The lowest BCUT2D eigenvalue weighted by atomic mass is 10.1. The van der Waals surface area contributed by atoms with Crippen LogP contribution < -0.4 is 4.90 Å². The highest BCUT2D eigenvalue weighted by Gasteiger charge is 2.39. The molecule has 2 aromatic carbocycles. The van der Waals surface area contributed by atoms with Crippen molar-refractivity contribution >= 4 is 55.0 Å². The van der Waals surface area contributed by atoms with Crippen molar-refractivity contribution in [1.82, 2.24) is 0 Å². The van der Waals surface area contributed by atoms with E-state index in [0.717, 1.165) is 4.90 Å². The summed E-state index contributed by atoms with van der Waals surface area (Å²) >= 11 is 6.32. The van der Waals surface area contributed by atoms with Gasteiger partial charge in [-0.25, -0.2) is 4.90 Å². The third-order valence-corrected chi connectivity index (χ3v) is 4.91. The maximum absolute atomic E-state index is 12.6. The van der Waals surface area contributed by atoms with Gasteiger partial charge in [0.25, 0.3) is 17.5 Å². The minimum Gasteiger partial charge on any atom is -0.268 e.